The van der Waals surface area contributed by atoms with Gasteiger partial charge in [-0.3, -0.25) is 19.3 Å². The average Bonchev–Trinajstić information content (AvgIpc) is 2.96. The van der Waals surface area contributed by atoms with E-state index in [-0.39, 0.29) is 10.5 Å². The first kappa shape index (κ1) is 21.1. The van der Waals surface area contributed by atoms with E-state index in [4.69, 9.17) is 5.11 Å². The molecule has 1 saturated heterocycles. The number of benzene rings is 2. The van der Waals surface area contributed by atoms with Crippen LogP contribution in [0, 0.1) is 17.5 Å². The molecule has 3 rings (SSSR count). The van der Waals surface area contributed by atoms with Crippen molar-refractivity contribution in [2.24, 2.45) is 0 Å². The van der Waals surface area contributed by atoms with E-state index in [1.165, 1.54) is 30.3 Å². The van der Waals surface area contributed by atoms with Crippen LogP contribution >= 0.6 is 11.8 Å². The summed E-state index contributed by atoms with van der Waals surface area (Å²) in [5.74, 6) is -7.70. The van der Waals surface area contributed by atoms with Crippen molar-refractivity contribution in [2.45, 2.75) is 0 Å². The molecule has 11 heteroatoms. The molecule has 30 heavy (non-hydrogen) atoms. The molecule has 1 aliphatic rings. The number of nitrogens with zero attached hydrogens (tertiary/aromatic N) is 1. The highest BCUT2D eigenvalue weighted by Gasteiger charge is 2.36. The Labute approximate surface area is 171 Å². The standard InChI is InChI=1S/C19H11F3N2O5S/c20-11-5-6-12(16(22)15(11)21)23-14(25)8-24-17(26)13(30-19(24)29)7-9-1-3-10(4-2-9)18(27)28/h1-7H,8H2,(H,23,25)(H,27,28)/b13-7+. The normalized spacial score (nSPS) is 15.0. The Bertz CT molecular complexity index is 1100. The number of halogens is 3. The van der Waals surface area contributed by atoms with Gasteiger partial charge >= 0.3 is 5.97 Å². The molecule has 0 unspecified atom stereocenters. The first-order valence-electron chi connectivity index (χ1n) is 8.19. The molecule has 0 atom stereocenters. The zero-order valence-corrected chi connectivity index (χ0v) is 15.6. The number of aromatic carboxylic acids is 1. The molecule has 0 saturated carbocycles. The molecule has 1 heterocycles. The third-order valence-corrected chi connectivity index (χ3v) is 4.85. The van der Waals surface area contributed by atoms with Gasteiger partial charge in [-0.1, -0.05) is 12.1 Å². The first-order valence-corrected chi connectivity index (χ1v) is 9.01. The lowest BCUT2D eigenvalue weighted by Gasteiger charge is -2.13. The highest BCUT2D eigenvalue weighted by molar-refractivity contribution is 8.18. The minimum absolute atomic E-state index is 0.00474. The summed E-state index contributed by atoms with van der Waals surface area (Å²) in [6.07, 6.45) is 1.35. The summed E-state index contributed by atoms with van der Waals surface area (Å²) in [4.78, 5) is 48.0. The second-order valence-electron chi connectivity index (χ2n) is 5.97. The van der Waals surface area contributed by atoms with Crippen LogP contribution in [0.3, 0.4) is 0 Å². The number of carboxylic acid groups (broad SMARTS) is 1. The lowest BCUT2D eigenvalue weighted by molar-refractivity contribution is -0.127. The van der Waals surface area contributed by atoms with E-state index in [0.29, 0.717) is 28.3 Å². The van der Waals surface area contributed by atoms with Crippen LogP contribution in [0.25, 0.3) is 6.08 Å². The lowest BCUT2D eigenvalue weighted by Crippen LogP contribution is -2.36. The lowest BCUT2D eigenvalue weighted by atomic mass is 10.1. The van der Waals surface area contributed by atoms with Gasteiger partial charge in [-0.05, 0) is 47.7 Å². The topological polar surface area (TPSA) is 104 Å². The molecule has 2 aromatic carbocycles. The highest BCUT2D eigenvalue weighted by Crippen LogP contribution is 2.32. The van der Waals surface area contributed by atoms with Gasteiger partial charge in [0.15, 0.2) is 17.5 Å². The van der Waals surface area contributed by atoms with Gasteiger partial charge in [-0.15, -0.1) is 0 Å². The Balaban J connectivity index is 1.71. The van der Waals surface area contributed by atoms with Crippen LogP contribution in [-0.4, -0.2) is 39.6 Å². The van der Waals surface area contributed by atoms with Crippen molar-refractivity contribution in [1.82, 2.24) is 4.90 Å². The van der Waals surface area contributed by atoms with Gasteiger partial charge in [-0.2, -0.15) is 0 Å². The molecule has 0 radical (unpaired) electrons. The van der Waals surface area contributed by atoms with E-state index >= 15 is 0 Å². The molecule has 2 N–H and O–H groups in total. The average molecular weight is 436 g/mol. The zero-order valence-electron chi connectivity index (χ0n) is 14.8. The predicted octanol–water partition coefficient (Wildman–Crippen LogP) is 3.48. The summed E-state index contributed by atoms with van der Waals surface area (Å²) in [5.41, 5.74) is -0.139. The molecule has 0 aromatic heterocycles. The number of carbonyl (C=O) groups excluding carboxylic acids is 3. The number of anilines is 1. The largest absolute Gasteiger partial charge is 0.478 e. The van der Waals surface area contributed by atoms with E-state index in [2.05, 4.69) is 0 Å². The summed E-state index contributed by atoms with van der Waals surface area (Å²) in [6.45, 7) is -0.765. The Kier molecular flexibility index (Phi) is 5.92. The van der Waals surface area contributed by atoms with E-state index < -0.39 is 52.7 Å². The molecule has 0 bridgehead atoms. The van der Waals surface area contributed by atoms with Crippen LogP contribution in [0.1, 0.15) is 15.9 Å². The Morgan fingerprint density at radius 1 is 1.03 bits per heavy atom. The fourth-order valence-electron chi connectivity index (χ4n) is 2.47. The van der Waals surface area contributed by atoms with Crippen LogP contribution in [-0.2, 0) is 9.59 Å². The third-order valence-electron chi connectivity index (χ3n) is 3.94. The number of rotatable bonds is 5. The van der Waals surface area contributed by atoms with E-state index in [0.717, 1.165) is 6.07 Å². The molecule has 2 aromatic rings. The van der Waals surface area contributed by atoms with Crippen LogP contribution in [0.2, 0.25) is 0 Å². The van der Waals surface area contributed by atoms with Crippen molar-refractivity contribution in [3.05, 3.63) is 69.9 Å². The van der Waals surface area contributed by atoms with Crippen LogP contribution in [0.15, 0.2) is 41.3 Å². The fourth-order valence-corrected chi connectivity index (χ4v) is 3.30. The Hall–Kier alpha value is -3.60. The molecule has 3 amide bonds. The molecule has 7 nitrogen and oxygen atoms in total. The van der Waals surface area contributed by atoms with Gasteiger partial charge in [-0.25, -0.2) is 18.0 Å². The van der Waals surface area contributed by atoms with Crippen LogP contribution < -0.4 is 5.32 Å². The van der Waals surface area contributed by atoms with E-state index in [9.17, 15) is 32.3 Å². The summed E-state index contributed by atoms with van der Waals surface area (Å²) in [6, 6.07) is 6.95. The SMILES string of the molecule is O=C(CN1C(=O)S/C(=C/c2ccc(C(=O)O)cc2)C1=O)Nc1ccc(F)c(F)c1F. The van der Waals surface area contributed by atoms with Gasteiger partial charge in [0.05, 0.1) is 16.2 Å². The minimum atomic E-state index is -1.77. The minimum Gasteiger partial charge on any atom is -0.478 e. The van der Waals surface area contributed by atoms with Gasteiger partial charge in [0.2, 0.25) is 5.91 Å². The maximum absolute atomic E-state index is 13.6. The predicted molar refractivity (Wildman–Crippen MR) is 101 cm³/mol. The van der Waals surface area contributed by atoms with Crippen molar-refractivity contribution >= 4 is 46.5 Å². The zero-order chi connectivity index (χ0) is 22.0. The van der Waals surface area contributed by atoms with Gasteiger partial charge < -0.3 is 10.4 Å². The number of hydrogen-bond donors (Lipinski definition) is 2. The molecule has 154 valence electrons. The molecule has 1 fully saturated rings. The number of nitrogens with one attached hydrogen (secondary N) is 1. The monoisotopic (exact) mass is 436 g/mol. The summed E-state index contributed by atoms with van der Waals surface area (Å²) in [5, 5.41) is 10.1. The second kappa shape index (κ2) is 8.41. The van der Waals surface area contributed by atoms with E-state index in [1.807, 2.05) is 5.32 Å². The van der Waals surface area contributed by atoms with Gasteiger partial charge in [0.25, 0.3) is 11.1 Å². The van der Waals surface area contributed by atoms with Crippen LogP contribution in [0.5, 0.6) is 0 Å². The van der Waals surface area contributed by atoms with Crippen molar-refractivity contribution in [2.75, 3.05) is 11.9 Å². The molecule has 1 aliphatic heterocycles. The van der Waals surface area contributed by atoms with Gasteiger partial charge in [0, 0.05) is 0 Å². The fraction of sp³-hybridized carbons (Fsp3) is 0.0526. The highest BCUT2D eigenvalue weighted by atomic mass is 32.2. The summed E-state index contributed by atoms with van der Waals surface area (Å²) in [7, 11) is 0. The molecular formula is C19H11F3N2O5S. The molecular weight excluding hydrogens is 425 g/mol. The van der Waals surface area contributed by atoms with Gasteiger partial charge in [0.1, 0.15) is 6.54 Å². The number of imide groups is 1. The quantitative estimate of drug-likeness (QED) is 0.550. The smallest absolute Gasteiger partial charge is 0.335 e. The Morgan fingerprint density at radius 2 is 1.70 bits per heavy atom. The maximum Gasteiger partial charge on any atom is 0.335 e. The Morgan fingerprint density at radius 3 is 2.33 bits per heavy atom. The first-order chi connectivity index (χ1) is 14.2. The third kappa shape index (κ3) is 4.35. The van der Waals surface area contributed by atoms with Crippen molar-refractivity contribution in [3.8, 4) is 0 Å². The molecule has 0 aliphatic carbocycles. The number of carbonyl (C=O) groups is 4. The number of carboxylic acids is 1. The maximum atomic E-state index is 13.6. The number of amides is 3. The van der Waals surface area contributed by atoms with E-state index in [1.54, 1.807) is 0 Å². The van der Waals surface area contributed by atoms with Crippen molar-refractivity contribution in [3.63, 3.8) is 0 Å². The van der Waals surface area contributed by atoms with Crippen LogP contribution in [0.4, 0.5) is 23.7 Å². The van der Waals surface area contributed by atoms with Crippen molar-refractivity contribution in [1.29, 1.82) is 0 Å². The summed E-state index contributed by atoms with van der Waals surface area (Å²) >= 11 is 0.562. The van der Waals surface area contributed by atoms with Crippen molar-refractivity contribution < 1.29 is 37.5 Å². The number of thioether (sulfide) groups is 1. The second-order valence-corrected chi connectivity index (χ2v) is 6.96. The summed E-state index contributed by atoms with van der Waals surface area (Å²) < 4.78 is 39.8. The molecule has 0 spiro atoms. The number of hydrogen-bond acceptors (Lipinski definition) is 5.